The number of H-pyrrole nitrogens is 1. The molecule has 8 nitrogen and oxygen atoms in total. The molecule has 3 N–H and O–H groups in total. The van der Waals surface area contributed by atoms with Crippen LogP contribution in [0.2, 0.25) is 0 Å². The summed E-state index contributed by atoms with van der Waals surface area (Å²) in [5.41, 5.74) is 3.45. The van der Waals surface area contributed by atoms with Gasteiger partial charge in [0.15, 0.2) is 0 Å². The Morgan fingerprint density at radius 2 is 2.22 bits per heavy atom. The van der Waals surface area contributed by atoms with Gasteiger partial charge in [-0.25, -0.2) is 0 Å². The molecular formula is C19H25N5O3. The molecule has 0 aliphatic carbocycles. The maximum absolute atomic E-state index is 12.5. The predicted octanol–water partition coefficient (Wildman–Crippen LogP) is 0.746. The van der Waals surface area contributed by atoms with E-state index in [0.29, 0.717) is 31.4 Å². The van der Waals surface area contributed by atoms with Gasteiger partial charge in [-0.2, -0.15) is 5.10 Å². The first kappa shape index (κ1) is 19.0. The molecule has 0 radical (unpaired) electrons. The van der Waals surface area contributed by atoms with E-state index in [4.69, 9.17) is 0 Å². The third-order valence-corrected chi connectivity index (χ3v) is 5.10. The third kappa shape index (κ3) is 4.51. The minimum Gasteiger partial charge on any atom is -0.389 e. The topological polar surface area (TPSA) is 111 Å². The Morgan fingerprint density at radius 3 is 2.85 bits per heavy atom. The zero-order valence-electron chi connectivity index (χ0n) is 15.6. The number of rotatable bonds is 5. The number of carbonyl (C=O) groups excluding carboxylic acids is 2. The minimum atomic E-state index is -0.794. The van der Waals surface area contributed by atoms with E-state index in [9.17, 15) is 14.7 Å². The van der Waals surface area contributed by atoms with E-state index in [1.54, 1.807) is 23.2 Å². The summed E-state index contributed by atoms with van der Waals surface area (Å²) in [6.45, 7) is 4.66. The van der Waals surface area contributed by atoms with E-state index in [0.717, 1.165) is 17.0 Å². The molecule has 2 atom stereocenters. The third-order valence-electron chi connectivity index (χ3n) is 5.10. The van der Waals surface area contributed by atoms with Crippen molar-refractivity contribution in [1.29, 1.82) is 0 Å². The van der Waals surface area contributed by atoms with Gasteiger partial charge in [0.2, 0.25) is 5.91 Å². The van der Waals surface area contributed by atoms with Crippen molar-refractivity contribution in [3.63, 3.8) is 0 Å². The van der Waals surface area contributed by atoms with Crippen molar-refractivity contribution < 1.29 is 14.7 Å². The van der Waals surface area contributed by atoms with Crippen molar-refractivity contribution in [2.75, 3.05) is 13.1 Å². The van der Waals surface area contributed by atoms with Crippen molar-refractivity contribution in [2.45, 2.75) is 45.3 Å². The van der Waals surface area contributed by atoms with Crippen LogP contribution in [0.15, 0.2) is 24.5 Å². The number of aromatic amines is 1. The van der Waals surface area contributed by atoms with Crippen LogP contribution < -0.4 is 5.32 Å². The van der Waals surface area contributed by atoms with Crippen LogP contribution in [0.1, 0.15) is 40.2 Å². The van der Waals surface area contributed by atoms with Gasteiger partial charge in [0.25, 0.3) is 5.91 Å². The number of aryl methyl sites for hydroxylation is 2. The summed E-state index contributed by atoms with van der Waals surface area (Å²) in [5.74, 6) is -0.276. The number of hydrogen-bond acceptors (Lipinski definition) is 5. The van der Waals surface area contributed by atoms with Gasteiger partial charge in [0.1, 0.15) is 0 Å². The van der Waals surface area contributed by atoms with E-state index in [-0.39, 0.29) is 24.4 Å². The fraction of sp³-hybridized carbons (Fsp3) is 0.474. The predicted molar refractivity (Wildman–Crippen MR) is 99.1 cm³/mol. The summed E-state index contributed by atoms with van der Waals surface area (Å²) in [7, 11) is 0. The van der Waals surface area contributed by atoms with Gasteiger partial charge in [-0.3, -0.25) is 19.7 Å². The molecular weight excluding hydrogens is 346 g/mol. The first-order valence-electron chi connectivity index (χ1n) is 9.13. The maximum Gasteiger partial charge on any atom is 0.253 e. The minimum absolute atomic E-state index is 0.00820. The van der Waals surface area contributed by atoms with Gasteiger partial charge in [-0.15, -0.1) is 0 Å². The van der Waals surface area contributed by atoms with E-state index >= 15 is 0 Å². The zero-order valence-corrected chi connectivity index (χ0v) is 15.6. The van der Waals surface area contributed by atoms with E-state index in [1.807, 2.05) is 13.8 Å². The molecule has 144 valence electrons. The number of β-amino-alcohol motifs (C(OH)–C–C–N with tert-alkyl or cyclic N) is 1. The fourth-order valence-electron chi connectivity index (χ4n) is 3.24. The number of nitrogens with one attached hydrogen (secondary N) is 2. The first-order valence-corrected chi connectivity index (χ1v) is 9.13. The SMILES string of the molecule is Cc1[nH]nc(CCC(=O)N2CC[C@@H](NC(=O)c3cccnc3)[C@H](O)C2)c1C. The number of nitrogens with zero attached hydrogens (tertiary/aromatic N) is 3. The molecule has 1 aliphatic heterocycles. The van der Waals surface area contributed by atoms with Gasteiger partial charge in [0.05, 0.1) is 23.4 Å². The van der Waals surface area contributed by atoms with Crippen LogP contribution in [0.5, 0.6) is 0 Å². The number of aromatic nitrogens is 3. The standard InChI is InChI=1S/C19H25N5O3/c1-12-13(2)22-23-15(12)5-6-18(26)24-9-7-16(17(25)11-24)21-19(27)14-4-3-8-20-10-14/h3-4,8,10,16-17,25H,5-7,9,11H2,1-2H3,(H,21,27)(H,22,23)/t16-,17-/m1/s1. The number of aliphatic hydroxyl groups is 1. The van der Waals surface area contributed by atoms with Crippen molar-refractivity contribution in [3.8, 4) is 0 Å². The lowest BCUT2D eigenvalue weighted by Gasteiger charge is -2.36. The molecule has 8 heteroatoms. The van der Waals surface area contributed by atoms with Gasteiger partial charge in [-0.05, 0) is 38.0 Å². The summed E-state index contributed by atoms with van der Waals surface area (Å²) in [6, 6.07) is 2.99. The van der Waals surface area contributed by atoms with E-state index in [2.05, 4.69) is 20.5 Å². The molecule has 0 spiro atoms. The number of piperidine rings is 1. The summed E-state index contributed by atoms with van der Waals surface area (Å²) in [6.07, 6.45) is 3.73. The monoisotopic (exact) mass is 371 g/mol. The van der Waals surface area contributed by atoms with Crippen LogP contribution in [0.4, 0.5) is 0 Å². The molecule has 0 bridgehead atoms. The number of aliphatic hydroxyl groups excluding tert-OH is 1. The highest BCUT2D eigenvalue weighted by atomic mass is 16.3. The molecule has 1 aliphatic rings. The van der Waals surface area contributed by atoms with Gasteiger partial charge < -0.3 is 15.3 Å². The summed E-state index contributed by atoms with van der Waals surface area (Å²) in [5, 5.41) is 20.4. The Hall–Kier alpha value is -2.74. The molecule has 2 aromatic heterocycles. The highest BCUT2D eigenvalue weighted by Gasteiger charge is 2.31. The molecule has 0 unspecified atom stereocenters. The average molecular weight is 371 g/mol. The van der Waals surface area contributed by atoms with E-state index < -0.39 is 6.10 Å². The maximum atomic E-state index is 12.5. The van der Waals surface area contributed by atoms with Crippen LogP contribution in [0, 0.1) is 13.8 Å². The summed E-state index contributed by atoms with van der Waals surface area (Å²) < 4.78 is 0. The lowest BCUT2D eigenvalue weighted by Crippen LogP contribution is -2.55. The molecule has 2 aromatic rings. The van der Waals surface area contributed by atoms with Crippen molar-refractivity contribution >= 4 is 11.8 Å². The largest absolute Gasteiger partial charge is 0.389 e. The van der Waals surface area contributed by atoms with Gasteiger partial charge in [-0.1, -0.05) is 0 Å². The first-order chi connectivity index (χ1) is 13.0. The Labute approximate surface area is 158 Å². The van der Waals surface area contributed by atoms with Gasteiger partial charge in [0, 0.05) is 44.0 Å². The van der Waals surface area contributed by atoms with Crippen LogP contribution in [-0.4, -0.2) is 62.2 Å². The van der Waals surface area contributed by atoms with Crippen LogP contribution >= 0.6 is 0 Å². The lowest BCUT2D eigenvalue weighted by molar-refractivity contribution is -0.134. The highest BCUT2D eigenvalue weighted by molar-refractivity contribution is 5.94. The number of amides is 2. The summed E-state index contributed by atoms with van der Waals surface area (Å²) in [4.78, 5) is 30.3. The summed E-state index contributed by atoms with van der Waals surface area (Å²) >= 11 is 0. The second-order valence-corrected chi connectivity index (χ2v) is 6.94. The lowest BCUT2D eigenvalue weighted by atomic mass is 10.0. The second kappa shape index (κ2) is 8.30. The Bertz CT molecular complexity index is 805. The highest BCUT2D eigenvalue weighted by Crippen LogP contribution is 2.15. The molecule has 3 rings (SSSR count). The number of likely N-dealkylation sites (tertiary alicyclic amines) is 1. The Balaban J connectivity index is 1.49. The van der Waals surface area contributed by atoms with Gasteiger partial charge >= 0.3 is 0 Å². The molecule has 3 heterocycles. The molecule has 1 saturated heterocycles. The van der Waals surface area contributed by atoms with Crippen LogP contribution in [0.25, 0.3) is 0 Å². The quantitative estimate of drug-likeness (QED) is 0.718. The molecule has 27 heavy (non-hydrogen) atoms. The van der Waals surface area contributed by atoms with Crippen LogP contribution in [0.3, 0.4) is 0 Å². The average Bonchev–Trinajstić information content (AvgIpc) is 3.00. The van der Waals surface area contributed by atoms with Crippen molar-refractivity contribution in [2.24, 2.45) is 0 Å². The van der Waals surface area contributed by atoms with Crippen molar-refractivity contribution in [1.82, 2.24) is 25.4 Å². The number of pyridine rings is 1. The molecule has 0 aromatic carbocycles. The number of carbonyl (C=O) groups is 2. The Kier molecular flexibility index (Phi) is 5.85. The molecule has 0 saturated carbocycles. The molecule has 1 fully saturated rings. The normalized spacial score (nSPS) is 19.7. The van der Waals surface area contributed by atoms with Crippen LogP contribution in [-0.2, 0) is 11.2 Å². The zero-order chi connectivity index (χ0) is 19.4. The number of hydrogen-bond donors (Lipinski definition) is 3. The second-order valence-electron chi connectivity index (χ2n) is 6.94. The smallest absolute Gasteiger partial charge is 0.253 e. The fourth-order valence-corrected chi connectivity index (χ4v) is 3.24. The van der Waals surface area contributed by atoms with Crippen molar-refractivity contribution in [3.05, 3.63) is 47.0 Å². The van der Waals surface area contributed by atoms with E-state index in [1.165, 1.54) is 6.20 Å². The molecule has 2 amide bonds. The Morgan fingerprint density at radius 1 is 1.41 bits per heavy atom.